The van der Waals surface area contributed by atoms with Crippen molar-refractivity contribution < 1.29 is 28.4 Å². The van der Waals surface area contributed by atoms with E-state index in [0.29, 0.717) is 0 Å². The molecule has 202 valence electrons. The third-order valence-electron chi connectivity index (χ3n) is 5.40. The van der Waals surface area contributed by atoms with Gasteiger partial charge in [0, 0.05) is 25.2 Å². The highest BCUT2D eigenvalue weighted by atomic mass is 31.1. The minimum Gasteiger partial charge on any atom is -0.474 e. The van der Waals surface area contributed by atoms with E-state index in [1.165, 1.54) is 7.11 Å². The van der Waals surface area contributed by atoms with Gasteiger partial charge in [0.1, 0.15) is 23.4 Å². The number of benzene rings is 2. The molecule has 2 atom stereocenters. The van der Waals surface area contributed by atoms with Gasteiger partial charge in [0.15, 0.2) is 0 Å². The highest BCUT2D eigenvalue weighted by Gasteiger charge is 2.29. The number of methoxy groups -OCH3 is 1. The maximum Gasteiger partial charge on any atom is 0.408 e. The molecule has 2 aromatic rings. The molecule has 0 unspecified atom stereocenters. The lowest BCUT2D eigenvalue weighted by Crippen LogP contribution is -2.53. The molecule has 0 saturated heterocycles. The van der Waals surface area contributed by atoms with Crippen molar-refractivity contribution in [2.45, 2.75) is 65.1 Å². The average Bonchev–Trinajstić information content (AvgIpc) is 2.86. The summed E-state index contributed by atoms with van der Waals surface area (Å²) in [6, 6.07) is 14.9. The van der Waals surface area contributed by atoms with Gasteiger partial charge in [-0.1, -0.05) is 56.3 Å². The Bertz CT molecular complexity index is 1000. The summed E-state index contributed by atoms with van der Waals surface area (Å²) in [4.78, 5) is 38.3. The van der Waals surface area contributed by atoms with E-state index in [1.54, 1.807) is 20.8 Å². The van der Waals surface area contributed by atoms with Crippen LogP contribution in [-0.2, 0) is 31.9 Å². The number of alkyl carbamates (subject to hydrolysis) is 1. The number of ether oxygens (including phenoxy) is 2. The fourth-order valence-corrected chi connectivity index (χ4v) is 4.67. The highest BCUT2D eigenvalue weighted by molar-refractivity contribution is 7.52. The highest BCUT2D eigenvalue weighted by Crippen LogP contribution is 2.37. The van der Waals surface area contributed by atoms with Gasteiger partial charge in [0.2, 0.25) is 5.91 Å². The molecule has 0 spiro atoms. The van der Waals surface area contributed by atoms with Gasteiger partial charge in [-0.05, 0) is 44.0 Å². The third kappa shape index (κ3) is 10.8. The predicted molar refractivity (Wildman–Crippen MR) is 146 cm³/mol. The van der Waals surface area contributed by atoms with Crippen molar-refractivity contribution in [3.63, 3.8) is 0 Å². The van der Waals surface area contributed by atoms with Crippen LogP contribution < -0.4 is 15.2 Å². The van der Waals surface area contributed by atoms with E-state index in [0.717, 1.165) is 29.2 Å². The summed E-state index contributed by atoms with van der Waals surface area (Å²) in [6.45, 7) is 9.45. The molecular formula is C28H39N2O6P. The summed E-state index contributed by atoms with van der Waals surface area (Å²) in [5.41, 5.74) is 0.959. The Balaban J connectivity index is 2.16. The standard InChI is InChI=1S/C28H39N2O6P/c1-7-37(8-2)36-22-16-14-21(15-17-22)19-24(26(32)34-6)29-25(31)23(18-20-12-10-9-11-13-20)30-27(33)35-28(3,4)5/h9-17,23-24H,7-8,18-19H2,1-6H3,(H,29,31)(H,30,33)/t23-,24-/m0/s1. The van der Waals surface area contributed by atoms with Crippen LogP contribution in [0.5, 0.6) is 5.75 Å². The number of amides is 2. The van der Waals surface area contributed by atoms with Crippen molar-refractivity contribution in [2.24, 2.45) is 0 Å². The Morgan fingerprint density at radius 2 is 1.41 bits per heavy atom. The summed E-state index contributed by atoms with van der Waals surface area (Å²) < 4.78 is 16.3. The normalized spacial score (nSPS) is 12.8. The predicted octanol–water partition coefficient (Wildman–Crippen LogP) is 4.84. The molecule has 2 amide bonds. The van der Waals surface area contributed by atoms with Gasteiger partial charge in [0.05, 0.1) is 15.3 Å². The first-order valence-corrected chi connectivity index (χ1v) is 14.1. The molecule has 0 radical (unpaired) electrons. The SMILES string of the molecule is CCP(CC)Oc1ccc(C[C@H](NC(=O)[C@H](Cc2ccccc2)NC(=O)OC(C)(C)C)C(=O)OC)cc1. The molecule has 8 nitrogen and oxygen atoms in total. The van der Waals surface area contributed by atoms with Gasteiger partial charge in [-0.3, -0.25) is 4.79 Å². The van der Waals surface area contributed by atoms with Crippen LogP contribution in [0.4, 0.5) is 4.79 Å². The van der Waals surface area contributed by atoms with Crippen LogP contribution in [0.2, 0.25) is 0 Å². The molecule has 2 N–H and O–H groups in total. The van der Waals surface area contributed by atoms with Gasteiger partial charge >= 0.3 is 12.1 Å². The number of hydrogen-bond donors (Lipinski definition) is 2. The molecule has 0 fully saturated rings. The number of nitrogens with one attached hydrogen (secondary N) is 2. The molecule has 0 aromatic heterocycles. The fourth-order valence-electron chi connectivity index (χ4n) is 3.54. The topological polar surface area (TPSA) is 103 Å². The summed E-state index contributed by atoms with van der Waals surface area (Å²) in [7, 11) is 0.770. The molecule has 2 aromatic carbocycles. The molecule has 2 rings (SSSR count). The Labute approximate surface area is 221 Å². The van der Waals surface area contributed by atoms with Crippen molar-refractivity contribution in [2.75, 3.05) is 19.4 Å². The van der Waals surface area contributed by atoms with Gasteiger partial charge < -0.3 is 24.6 Å². The Morgan fingerprint density at radius 3 is 1.95 bits per heavy atom. The first-order valence-electron chi connectivity index (χ1n) is 12.5. The average molecular weight is 531 g/mol. The maximum atomic E-state index is 13.3. The van der Waals surface area contributed by atoms with E-state index >= 15 is 0 Å². The van der Waals surface area contributed by atoms with Gasteiger partial charge in [-0.2, -0.15) is 0 Å². The van der Waals surface area contributed by atoms with Crippen LogP contribution in [-0.4, -0.2) is 55.1 Å². The monoisotopic (exact) mass is 530 g/mol. The number of esters is 1. The second-order valence-corrected chi connectivity index (χ2v) is 11.9. The van der Waals surface area contributed by atoms with Gasteiger partial charge in [-0.15, -0.1) is 0 Å². The zero-order valence-corrected chi connectivity index (χ0v) is 23.5. The van der Waals surface area contributed by atoms with Crippen LogP contribution in [0.15, 0.2) is 54.6 Å². The van der Waals surface area contributed by atoms with Crippen LogP contribution in [0.25, 0.3) is 0 Å². The molecule has 0 bridgehead atoms. The number of hydrogen-bond acceptors (Lipinski definition) is 6. The molecule has 0 saturated carbocycles. The van der Waals surface area contributed by atoms with Crippen molar-refractivity contribution in [3.05, 3.63) is 65.7 Å². The van der Waals surface area contributed by atoms with E-state index in [2.05, 4.69) is 24.5 Å². The molecule has 0 heterocycles. The van der Waals surface area contributed by atoms with Crippen LogP contribution in [0, 0.1) is 0 Å². The summed E-state index contributed by atoms with van der Waals surface area (Å²) >= 11 is 0. The lowest BCUT2D eigenvalue weighted by molar-refractivity contribution is -0.145. The zero-order chi connectivity index (χ0) is 27.4. The van der Waals surface area contributed by atoms with E-state index in [-0.39, 0.29) is 12.8 Å². The van der Waals surface area contributed by atoms with Crippen LogP contribution >= 0.6 is 8.15 Å². The molecule has 37 heavy (non-hydrogen) atoms. The molecule has 9 heteroatoms. The lowest BCUT2D eigenvalue weighted by atomic mass is 10.0. The Kier molecular flexibility index (Phi) is 11.9. The zero-order valence-electron chi connectivity index (χ0n) is 22.6. The van der Waals surface area contributed by atoms with E-state index < -0.39 is 43.8 Å². The van der Waals surface area contributed by atoms with E-state index in [9.17, 15) is 14.4 Å². The molecule has 0 aliphatic heterocycles. The van der Waals surface area contributed by atoms with Gasteiger partial charge in [-0.25, -0.2) is 9.59 Å². The Morgan fingerprint density at radius 1 is 0.838 bits per heavy atom. The van der Waals surface area contributed by atoms with Gasteiger partial charge in [0.25, 0.3) is 0 Å². The summed E-state index contributed by atoms with van der Waals surface area (Å²) in [5, 5.41) is 5.40. The van der Waals surface area contributed by atoms with Crippen LogP contribution in [0.1, 0.15) is 45.7 Å². The second kappa shape index (κ2) is 14.6. The molecular weight excluding hydrogens is 491 g/mol. The number of rotatable bonds is 12. The van der Waals surface area contributed by atoms with E-state index in [4.69, 9.17) is 14.0 Å². The first-order chi connectivity index (χ1) is 17.5. The third-order valence-corrected chi connectivity index (χ3v) is 7.28. The lowest BCUT2D eigenvalue weighted by Gasteiger charge is -2.25. The second-order valence-electron chi connectivity index (χ2n) is 9.53. The summed E-state index contributed by atoms with van der Waals surface area (Å²) in [6.07, 6.45) is 1.69. The minimum atomic E-state index is -0.956. The number of carbonyl (C=O) groups excluding carboxylic acids is 3. The minimum absolute atomic E-state index is 0.222. The van der Waals surface area contributed by atoms with Crippen molar-refractivity contribution in [1.29, 1.82) is 0 Å². The fraction of sp³-hybridized carbons (Fsp3) is 0.464. The van der Waals surface area contributed by atoms with Crippen molar-refractivity contribution in [3.8, 4) is 5.75 Å². The first kappa shape index (κ1) is 30.1. The largest absolute Gasteiger partial charge is 0.474 e. The van der Waals surface area contributed by atoms with Crippen molar-refractivity contribution >= 4 is 26.1 Å². The maximum absolute atomic E-state index is 13.3. The van der Waals surface area contributed by atoms with Crippen LogP contribution in [0.3, 0.4) is 0 Å². The number of carbonyl (C=O) groups is 3. The van der Waals surface area contributed by atoms with E-state index in [1.807, 2.05) is 54.6 Å². The molecule has 0 aliphatic carbocycles. The smallest absolute Gasteiger partial charge is 0.408 e. The quantitative estimate of drug-likeness (QED) is 0.301. The summed E-state index contributed by atoms with van der Waals surface area (Å²) in [5.74, 6) is -0.312. The molecule has 0 aliphatic rings. The Hall–Kier alpha value is -3.12. The van der Waals surface area contributed by atoms with Crippen molar-refractivity contribution in [1.82, 2.24) is 10.6 Å².